The van der Waals surface area contributed by atoms with Crippen LogP contribution < -0.4 is 0 Å². The Kier molecular flexibility index (Phi) is 8.45. The summed E-state index contributed by atoms with van der Waals surface area (Å²) >= 11 is 0. The van der Waals surface area contributed by atoms with E-state index in [1.807, 2.05) is 0 Å². The van der Waals surface area contributed by atoms with Crippen molar-refractivity contribution in [2.45, 2.75) is 111 Å². The summed E-state index contributed by atoms with van der Waals surface area (Å²) in [7, 11) is 0. The van der Waals surface area contributed by atoms with E-state index in [2.05, 4.69) is 27.7 Å². The summed E-state index contributed by atoms with van der Waals surface area (Å²) in [5.74, 6) is 3.52. The van der Waals surface area contributed by atoms with Crippen molar-refractivity contribution in [1.29, 1.82) is 0 Å². The molecule has 6 nitrogen and oxygen atoms in total. The smallest absolute Gasteiger partial charge is 0.409 e. The Bertz CT molecular complexity index is 837. The van der Waals surface area contributed by atoms with Crippen LogP contribution in [0.3, 0.4) is 0 Å². The van der Waals surface area contributed by atoms with Gasteiger partial charge in [0.2, 0.25) is 0 Å². The van der Waals surface area contributed by atoms with E-state index in [4.69, 9.17) is 4.74 Å². The molecule has 0 aromatic heterocycles. The number of rotatable bonds is 6. The van der Waals surface area contributed by atoms with Crippen LogP contribution in [0.25, 0.3) is 0 Å². The Hall–Kier alpha value is -0.850. The molecule has 1 heterocycles. The average Bonchev–Trinajstić information content (AvgIpc) is 3.27. The maximum atomic E-state index is 12.7. The molecule has 1 aliphatic heterocycles. The minimum atomic E-state index is -0.250. The van der Waals surface area contributed by atoms with Crippen molar-refractivity contribution in [3.63, 3.8) is 0 Å². The highest BCUT2D eigenvalue weighted by molar-refractivity contribution is 5.67. The maximum absolute atomic E-state index is 12.7. The third-order valence-electron chi connectivity index (χ3n) is 13.0. The van der Waals surface area contributed by atoms with E-state index in [0.29, 0.717) is 54.6 Å². The number of likely N-dealkylation sites (tertiary alicyclic amines) is 1. The van der Waals surface area contributed by atoms with Crippen molar-refractivity contribution in [1.82, 2.24) is 4.90 Å². The minimum absolute atomic E-state index is 0.138. The molecule has 0 radical (unpaired) electrons. The highest BCUT2D eigenvalue weighted by Crippen LogP contribution is 2.69. The van der Waals surface area contributed by atoms with Crippen molar-refractivity contribution >= 4 is 6.09 Å². The molecule has 38 heavy (non-hydrogen) atoms. The van der Waals surface area contributed by atoms with Crippen LogP contribution in [0.15, 0.2) is 0 Å². The first-order chi connectivity index (χ1) is 18.1. The first-order valence-electron chi connectivity index (χ1n) is 16.0. The zero-order chi connectivity index (χ0) is 27.2. The molecule has 5 rings (SSSR count). The Morgan fingerprint density at radius 1 is 1.03 bits per heavy atom. The summed E-state index contributed by atoms with van der Waals surface area (Å²) in [6.07, 6.45) is 10.9. The molecule has 1 saturated heterocycles. The second-order valence-electron chi connectivity index (χ2n) is 14.6. The van der Waals surface area contributed by atoms with Crippen molar-refractivity contribution in [3.05, 3.63) is 0 Å². The lowest BCUT2D eigenvalue weighted by Gasteiger charge is -2.64. The molecule has 0 unspecified atom stereocenters. The van der Waals surface area contributed by atoms with Crippen molar-refractivity contribution < 1.29 is 24.9 Å². The third kappa shape index (κ3) is 4.83. The number of fused-ring (bicyclic) bond motifs is 5. The number of carbonyl (C=O) groups is 1. The van der Waals surface area contributed by atoms with Gasteiger partial charge >= 0.3 is 6.09 Å². The second kappa shape index (κ2) is 11.2. The van der Waals surface area contributed by atoms with E-state index in [9.17, 15) is 20.1 Å². The third-order valence-corrected chi connectivity index (χ3v) is 13.0. The lowest BCUT2D eigenvalue weighted by molar-refractivity contribution is -0.203. The highest BCUT2D eigenvalue weighted by Gasteiger charge is 2.64. The van der Waals surface area contributed by atoms with Gasteiger partial charge in [0, 0.05) is 19.7 Å². The summed E-state index contributed by atoms with van der Waals surface area (Å²) in [6, 6.07) is 0. The van der Waals surface area contributed by atoms with E-state index in [1.54, 1.807) is 4.90 Å². The summed E-state index contributed by atoms with van der Waals surface area (Å²) in [4.78, 5) is 14.4. The molecule has 3 N–H and O–H groups in total. The number of hydrogen-bond donors (Lipinski definition) is 3. The van der Waals surface area contributed by atoms with E-state index in [0.717, 1.165) is 51.5 Å². The first-order valence-corrected chi connectivity index (χ1v) is 16.0. The Balaban J connectivity index is 1.23. The van der Waals surface area contributed by atoms with Gasteiger partial charge in [0.15, 0.2) is 0 Å². The predicted molar refractivity (Wildman–Crippen MR) is 148 cm³/mol. The van der Waals surface area contributed by atoms with E-state index >= 15 is 0 Å². The number of carbonyl (C=O) groups excluding carboxylic acids is 1. The van der Waals surface area contributed by atoms with Crippen LogP contribution in [0, 0.1) is 58.2 Å². The van der Waals surface area contributed by atoms with Crippen molar-refractivity contribution in [2.24, 2.45) is 58.2 Å². The molecular formula is C32H55NO5. The average molecular weight is 534 g/mol. The van der Waals surface area contributed by atoms with Gasteiger partial charge in [-0.2, -0.15) is 0 Å². The zero-order valence-corrected chi connectivity index (χ0v) is 24.5. The van der Waals surface area contributed by atoms with Gasteiger partial charge in [-0.25, -0.2) is 4.79 Å². The molecule has 5 aliphatic rings. The largest absolute Gasteiger partial charge is 0.449 e. The van der Waals surface area contributed by atoms with Gasteiger partial charge in [-0.15, -0.1) is 0 Å². The van der Waals surface area contributed by atoms with Crippen molar-refractivity contribution in [2.75, 3.05) is 26.3 Å². The van der Waals surface area contributed by atoms with E-state index in [1.165, 1.54) is 25.7 Å². The Labute approximate surface area is 230 Å². The molecular weight excluding hydrogens is 478 g/mol. The molecule has 6 heteroatoms. The molecule has 0 spiro atoms. The monoisotopic (exact) mass is 533 g/mol. The van der Waals surface area contributed by atoms with Gasteiger partial charge in [-0.05, 0) is 122 Å². The van der Waals surface area contributed by atoms with Crippen LogP contribution in [-0.4, -0.2) is 64.8 Å². The first kappa shape index (κ1) is 28.7. The number of hydrogen-bond acceptors (Lipinski definition) is 5. The molecule has 0 aromatic rings. The zero-order valence-electron chi connectivity index (χ0n) is 24.5. The van der Waals surface area contributed by atoms with Gasteiger partial charge in [-0.1, -0.05) is 34.1 Å². The van der Waals surface area contributed by atoms with Gasteiger partial charge in [-0.3, -0.25) is 0 Å². The Morgan fingerprint density at radius 2 is 1.76 bits per heavy atom. The number of nitrogens with zero attached hydrogens (tertiary/aromatic N) is 1. The molecule has 218 valence electrons. The standard InChI is InChI=1S/C32H55NO5/c1-5-23-27-17-22(35)10-13-32(27,4)26-11-14-31(3)24(8-9-25(31)28(26)29(23)36)20(2)12-16-38-30(37)33-15-6-7-21(18-33)19-34/h20-29,34-36H,5-19H2,1-4H3/t20-,21+,22-,23-,24-,25+,26+,27+,28+,29-,31-,32-/m1/s1. The van der Waals surface area contributed by atoms with Crippen LogP contribution in [0.1, 0.15) is 98.3 Å². The summed E-state index contributed by atoms with van der Waals surface area (Å²) in [5, 5.41) is 31.9. The molecule has 5 fully saturated rings. The molecule has 0 aromatic carbocycles. The molecule has 4 aliphatic carbocycles. The fourth-order valence-corrected chi connectivity index (χ4v) is 10.9. The van der Waals surface area contributed by atoms with Gasteiger partial charge < -0.3 is 25.0 Å². The van der Waals surface area contributed by atoms with Crippen LogP contribution in [-0.2, 0) is 4.74 Å². The number of piperidine rings is 1. The van der Waals surface area contributed by atoms with Crippen LogP contribution in [0.2, 0.25) is 0 Å². The summed E-state index contributed by atoms with van der Waals surface area (Å²) in [6.45, 7) is 11.6. The van der Waals surface area contributed by atoms with E-state index in [-0.39, 0.29) is 41.7 Å². The minimum Gasteiger partial charge on any atom is -0.449 e. The van der Waals surface area contributed by atoms with Gasteiger partial charge in [0.05, 0.1) is 18.8 Å². The maximum Gasteiger partial charge on any atom is 0.409 e. The predicted octanol–water partition coefficient (Wildman–Crippen LogP) is 5.48. The lowest BCUT2D eigenvalue weighted by Crippen LogP contribution is -2.62. The molecule has 0 bridgehead atoms. The van der Waals surface area contributed by atoms with Crippen LogP contribution in [0.5, 0.6) is 0 Å². The molecule has 4 saturated carbocycles. The van der Waals surface area contributed by atoms with Crippen LogP contribution >= 0.6 is 0 Å². The fourth-order valence-electron chi connectivity index (χ4n) is 10.9. The number of ether oxygens (including phenoxy) is 1. The SMILES string of the molecule is CC[C@H]1[C@@H](O)[C@@H]2[C@H](CC[C@]3(C)[C@@H]([C@H](C)CCOC(=O)N4CCC[C@H](CO)C4)CC[C@@H]23)[C@@]2(C)CC[C@@H](O)C[C@@H]12. The molecule has 1 amide bonds. The quantitative estimate of drug-likeness (QED) is 0.421. The number of aliphatic hydroxyl groups is 3. The fraction of sp³-hybridized carbons (Fsp3) is 0.969. The van der Waals surface area contributed by atoms with Crippen LogP contribution in [0.4, 0.5) is 4.79 Å². The highest BCUT2D eigenvalue weighted by atomic mass is 16.6. The Morgan fingerprint density at radius 3 is 2.50 bits per heavy atom. The lowest BCUT2D eigenvalue weighted by atomic mass is 9.41. The summed E-state index contributed by atoms with van der Waals surface area (Å²) in [5.41, 5.74) is 0.481. The molecule has 12 atom stereocenters. The number of aliphatic hydroxyl groups excluding tert-OH is 3. The topological polar surface area (TPSA) is 90.2 Å². The normalized spacial score (nSPS) is 47.6. The van der Waals surface area contributed by atoms with Gasteiger partial charge in [0.25, 0.3) is 0 Å². The van der Waals surface area contributed by atoms with Gasteiger partial charge in [0.1, 0.15) is 0 Å². The number of amides is 1. The van der Waals surface area contributed by atoms with Crippen molar-refractivity contribution in [3.8, 4) is 0 Å². The second-order valence-corrected chi connectivity index (χ2v) is 14.6. The summed E-state index contributed by atoms with van der Waals surface area (Å²) < 4.78 is 5.73. The van der Waals surface area contributed by atoms with E-state index < -0.39 is 0 Å².